The van der Waals surface area contributed by atoms with E-state index in [-0.39, 0.29) is 23.5 Å². The van der Waals surface area contributed by atoms with Gasteiger partial charge in [0, 0.05) is 37.4 Å². The highest BCUT2D eigenvalue weighted by atomic mass is 19.1. The highest BCUT2D eigenvalue weighted by Gasteiger charge is 2.52. The summed E-state index contributed by atoms with van der Waals surface area (Å²) in [7, 11) is 1.90. The van der Waals surface area contributed by atoms with E-state index in [1.165, 1.54) is 4.90 Å². The van der Waals surface area contributed by atoms with Gasteiger partial charge in [-0.3, -0.25) is 9.69 Å². The molecule has 5 rings (SSSR count). The van der Waals surface area contributed by atoms with Crippen LogP contribution < -0.4 is 10.3 Å². The number of carboxylic acids is 1. The number of rotatable bonds is 3. The summed E-state index contributed by atoms with van der Waals surface area (Å²) in [6.45, 7) is 0.756. The monoisotopic (exact) mass is 433 g/mol. The fourth-order valence-corrected chi connectivity index (χ4v) is 4.40. The molecule has 0 radical (unpaired) electrons. The van der Waals surface area contributed by atoms with Gasteiger partial charge in [0.2, 0.25) is 5.43 Å². The van der Waals surface area contributed by atoms with Gasteiger partial charge >= 0.3 is 5.97 Å². The number of fused-ring (bicyclic) bond motifs is 2. The van der Waals surface area contributed by atoms with Crippen LogP contribution in [0.3, 0.4) is 0 Å². The number of hydrogen-bond donors (Lipinski definition) is 1. The average Bonchev–Trinajstić information content (AvgIpc) is 3.09. The summed E-state index contributed by atoms with van der Waals surface area (Å²) in [5.74, 6) is -5.76. The molecule has 1 N–H and O–H groups in total. The number of halogens is 4. The number of aromatic nitrogens is 1. The Balaban J connectivity index is 1.82. The van der Waals surface area contributed by atoms with E-state index in [4.69, 9.17) is 0 Å². The fraction of sp³-hybridized carbons (Fsp3) is 0.238. The number of piperazine rings is 1. The molecule has 31 heavy (non-hydrogen) atoms. The van der Waals surface area contributed by atoms with Crippen molar-refractivity contribution in [3.8, 4) is 5.69 Å². The molecule has 2 saturated heterocycles. The lowest BCUT2D eigenvalue weighted by molar-refractivity contribution is 0.0695. The second kappa shape index (κ2) is 6.55. The standard InChI is InChI=1S/C21H15F4N3O3/c1-26-15-7-27(8-16(15)26)19-13(24)5-10-18(17(19)25)28(6-11(20(10)29)21(30)31)14-3-2-9(22)4-12(14)23/h2-6,15-16H,7-8H2,1H3,(H,30,31). The number of hydrogen-bond acceptors (Lipinski definition) is 4. The third-order valence-corrected chi connectivity index (χ3v) is 6.09. The lowest BCUT2D eigenvalue weighted by Gasteiger charge is -2.24. The van der Waals surface area contributed by atoms with Crippen LogP contribution in [0.5, 0.6) is 0 Å². The minimum atomic E-state index is -1.64. The number of anilines is 1. The van der Waals surface area contributed by atoms with E-state index in [2.05, 4.69) is 4.90 Å². The Morgan fingerprint density at radius 1 is 1.06 bits per heavy atom. The number of carboxylic acid groups (broad SMARTS) is 1. The van der Waals surface area contributed by atoms with Crippen LogP contribution in [-0.4, -0.2) is 52.8 Å². The van der Waals surface area contributed by atoms with Crippen LogP contribution in [0.4, 0.5) is 23.2 Å². The molecule has 2 unspecified atom stereocenters. The normalized spacial score (nSPS) is 22.1. The Labute approximate surface area is 172 Å². The second-order valence-corrected chi connectivity index (χ2v) is 7.77. The maximum absolute atomic E-state index is 15.7. The Kier molecular flexibility index (Phi) is 4.13. The van der Waals surface area contributed by atoms with Gasteiger partial charge in [0.25, 0.3) is 0 Å². The number of nitrogens with zero attached hydrogens (tertiary/aromatic N) is 3. The predicted octanol–water partition coefficient (Wildman–Crippen LogP) is 2.75. The molecule has 3 aromatic rings. The van der Waals surface area contributed by atoms with Gasteiger partial charge in [0.05, 0.1) is 16.6 Å². The average molecular weight is 433 g/mol. The molecule has 2 aliphatic heterocycles. The molecule has 0 amide bonds. The molecule has 0 spiro atoms. The number of carbonyl (C=O) groups is 1. The van der Waals surface area contributed by atoms with Crippen LogP contribution in [0.25, 0.3) is 16.6 Å². The van der Waals surface area contributed by atoms with Gasteiger partial charge in [-0.2, -0.15) is 0 Å². The molecule has 3 heterocycles. The third kappa shape index (κ3) is 2.82. The van der Waals surface area contributed by atoms with E-state index in [0.717, 1.165) is 29.0 Å². The highest BCUT2D eigenvalue weighted by Crippen LogP contribution is 2.39. The van der Waals surface area contributed by atoms with Gasteiger partial charge in [-0.05, 0) is 25.2 Å². The van der Waals surface area contributed by atoms with Gasteiger partial charge in [-0.15, -0.1) is 0 Å². The topological polar surface area (TPSA) is 65.6 Å². The maximum Gasteiger partial charge on any atom is 0.341 e. The number of aromatic carboxylic acids is 1. The Morgan fingerprint density at radius 3 is 2.35 bits per heavy atom. The van der Waals surface area contributed by atoms with Crippen LogP contribution in [0, 0.1) is 23.3 Å². The zero-order valence-electron chi connectivity index (χ0n) is 16.1. The van der Waals surface area contributed by atoms with Crippen molar-refractivity contribution in [3.63, 3.8) is 0 Å². The molecule has 1 aromatic heterocycles. The molecule has 6 nitrogen and oxygen atoms in total. The number of likely N-dealkylation sites (N-methyl/N-ethyl adjacent to an activating group) is 1. The summed E-state index contributed by atoms with van der Waals surface area (Å²) in [4.78, 5) is 27.7. The van der Waals surface area contributed by atoms with Crippen LogP contribution in [0.15, 0.2) is 35.3 Å². The Morgan fingerprint density at radius 2 is 1.74 bits per heavy atom. The van der Waals surface area contributed by atoms with E-state index in [1.807, 2.05) is 7.05 Å². The summed E-state index contributed by atoms with van der Waals surface area (Å²) in [5, 5.41) is 8.82. The van der Waals surface area contributed by atoms with E-state index >= 15 is 4.39 Å². The van der Waals surface area contributed by atoms with Gasteiger partial charge in [0.15, 0.2) is 5.82 Å². The smallest absolute Gasteiger partial charge is 0.341 e. The molecule has 2 aliphatic rings. The third-order valence-electron chi connectivity index (χ3n) is 6.09. The molecule has 10 heteroatoms. The van der Waals surface area contributed by atoms with Crippen molar-refractivity contribution in [1.29, 1.82) is 0 Å². The maximum atomic E-state index is 15.7. The quantitative estimate of drug-likeness (QED) is 0.509. The summed E-state index contributed by atoms with van der Waals surface area (Å²) >= 11 is 0. The molecule has 160 valence electrons. The van der Waals surface area contributed by atoms with Crippen LogP contribution in [0.2, 0.25) is 0 Å². The minimum Gasteiger partial charge on any atom is -0.477 e. The summed E-state index contributed by atoms with van der Waals surface area (Å²) in [5.41, 5.74) is -3.13. The van der Waals surface area contributed by atoms with E-state index in [9.17, 15) is 27.9 Å². The Bertz CT molecular complexity index is 1330. The minimum absolute atomic E-state index is 0.167. The first-order valence-electron chi connectivity index (χ1n) is 9.42. The van der Waals surface area contributed by atoms with Crippen LogP contribution in [-0.2, 0) is 0 Å². The highest BCUT2D eigenvalue weighted by molar-refractivity contribution is 5.94. The number of pyridine rings is 1. The van der Waals surface area contributed by atoms with Gasteiger partial charge in [-0.1, -0.05) is 0 Å². The second-order valence-electron chi connectivity index (χ2n) is 7.77. The summed E-state index contributed by atoms with van der Waals surface area (Å²) < 4.78 is 59.3. The molecule has 0 saturated carbocycles. The van der Waals surface area contributed by atoms with Crippen molar-refractivity contribution < 1.29 is 27.5 Å². The summed E-state index contributed by atoms with van der Waals surface area (Å²) in [6.07, 6.45) is 0.767. The molecule has 2 aromatic carbocycles. The molecule has 0 bridgehead atoms. The zero-order valence-corrected chi connectivity index (χ0v) is 16.1. The molecular formula is C21H15F4N3O3. The largest absolute Gasteiger partial charge is 0.477 e. The summed E-state index contributed by atoms with van der Waals surface area (Å²) in [6, 6.07) is 3.55. The Hall–Kier alpha value is -3.40. The van der Waals surface area contributed by atoms with Crippen molar-refractivity contribution >= 4 is 22.6 Å². The van der Waals surface area contributed by atoms with Crippen molar-refractivity contribution in [2.75, 3.05) is 25.0 Å². The molecule has 0 aliphatic carbocycles. The lowest BCUT2D eigenvalue weighted by atomic mass is 10.1. The van der Waals surface area contributed by atoms with E-state index in [1.54, 1.807) is 0 Å². The first kappa shape index (κ1) is 19.6. The van der Waals surface area contributed by atoms with Gasteiger partial charge < -0.3 is 14.6 Å². The molecule has 2 fully saturated rings. The first-order valence-corrected chi connectivity index (χ1v) is 9.42. The lowest BCUT2D eigenvalue weighted by Crippen LogP contribution is -2.30. The SMILES string of the molecule is CN1C2CN(c3c(F)cc4c(=O)c(C(=O)O)cn(-c5ccc(F)cc5F)c4c3F)CC21. The van der Waals surface area contributed by atoms with Crippen LogP contribution in [0.1, 0.15) is 10.4 Å². The van der Waals surface area contributed by atoms with E-state index in [0.29, 0.717) is 19.2 Å². The first-order chi connectivity index (χ1) is 14.7. The predicted molar refractivity (Wildman–Crippen MR) is 104 cm³/mol. The number of benzene rings is 2. The van der Waals surface area contributed by atoms with Gasteiger partial charge in [-0.25, -0.2) is 22.4 Å². The van der Waals surface area contributed by atoms with Crippen LogP contribution >= 0.6 is 0 Å². The zero-order chi connectivity index (χ0) is 22.2. The van der Waals surface area contributed by atoms with Crippen molar-refractivity contribution in [2.45, 2.75) is 12.1 Å². The fourth-order valence-electron chi connectivity index (χ4n) is 4.40. The van der Waals surface area contributed by atoms with Crippen molar-refractivity contribution in [1.82, 2.24) is 9.47 Å². The molecule has 2 atom stereocenters. The van der Waals surface area contributed by atoms with Crippen molar-refractivity contribution in [3.05, 3.63) is 69.5 Å². The van der Waals surface area contributed by atoms with E-state index < -0.39 is 51.1 Å². The van der Waals surface area contributed by atoms with Gasteiger partial charge in [0.1, 0.15) is 28.7 Å². The molecular weight excluding hydrogens is 418 g/mol. The van der Waals surface area contributed by atoms with Crippen molar-refractivity contribution in [2.24, 2.45) is 0 Å².